The van der Waals surface area contributed by atoms with Gasteiger partial charge in [-0.2, -0.15) is 0 Å². The molecule has 20 heavy (non-hydrogen) atoms. The average molecular weight is 288 g/mol. The lowest BCUT2D eigenvalue weighted by atomic mass is 9.97. The number of rotatable bonds is 3. The highest BCUT2D eigenvalue weighted by atomic mass is 32.2. The third-order valence-electron chi connectivity index (χ3n) is 3.41. The number of benzene rings is 1. The van der Waals surface area contributed by atoms with Gasteiger partial charge in [-0.3, -0.25) is 0 Å². The van der Waals surface area contributed by atoms with E-state index in [0.29, 0.717) is 17.7 Å². The van der Waals surface area contributed by atoms with E-state index in [4.69, 9.17) is 9.47 Å². The number of ether oxygens (including phenoxy) is 2. The Kier molecular flexibility index (Phi) is 3.78. The maximum Gasteiger partial charge on any atom is 0.278 e. The lowest BCUT2D eigenvalue weighted by molar-refractivity contribution is 0.329. The molecule has 0 bridgehead atoms. The molecule has 0 N–H and O–H groups in total. The van der Waals surface area contributed by atoms with E-state index in [9.17, 15) is 0 Å². The lowest BCUT2D eigenvalue weighted by Crippen LogP contribution is -2.14. The fraction of sp³-hybridized carbons (Fsp3) is 0.333. The van der Waals surface area contributed by atoms with Crippen molar-refractivity contribution in [2.75, 3.05) is 20.0 Å². The minimum Gasteiger partial charge on any atom is -0.477 e. The second-order valence-electron chi connectivity index (χ2n) is 4.63. The molecule has 0 saturated carbocycles. The quantitative estimate of drug-likeness (QED) is 0.869. The summed E-state index contributed by atoms with van der Waals surface area (Å²) in [5.41, 5.74) is 2.34. The summed E-state index contributed by atoms with van der Waals surface area (Å²) < 4.78 is 10.4. The van der Waals surface area contributed by atoms with Gasteiger partial charge >= 0.3 is 0 Å². The van der Waals surface area contributed by atoms with Gasteiger partial charge in [-0.25, -0.2) is 9.97 Å². The SMILES string of the molecule is COc1ncc(C2CSc3ccccc3C2)nc1OC. The maximum atomic E-state index is 5.23. The van der Waals surface area contributed by atoms with Crippen molar-refractivity contribution in [1.82, 2.24) is 9.97 Å². The van der Waals surface area contributed by atoms with Crippen LogP contribution in [0.25, 0.3) is 0 Å². The molecule has 4 nitrogen and oxygen atoms in total. The second-order valence-corrected chi connectivity index (χ2v) is 5.70. The summed E-state index contributed by atoms with van der Waals surface area (Å²) in [6.07, 6.45) is 2.79. The van der Waals surface area contributed by atoms with Crippen LogP contribution < -0.4 is 9.47 Å². The molecular formula is C15H16N2O2S. The highest BCUT2D eigenvalue weighted by Gasteiger charge is 2.23. The Labute approximate surface area is 122 Å². The number of hydrogen-bond acceptors (Lipinski definition) is 5. The van der Waals surface area contributed by atoms with E-state index in [2.05, 4.69) is 34.2 Å². The standard InChI is InChI=1S/C15H16N2O2S/c1-18-14-15(19-2)17-12(8-16-14)11-7-10-5-3-4-6-13(10)20-9-11/h3-6,8,11H,7,9H2,1-2H3. The summed E-state index contributed by atoms with van der Waals surface area (Å²) in [6, 6.07) is 8.53. The molecule has 0 fully saturated rings. The van der Waals surface area contributed by atoms with Gasteiger partial charge in [-0.15, -0.1) is 11.8 Å². The topological polar surface area (TPSA) is 44.2 Å². The van der Waals surface area contributed by atoms with E-state index in [-0.39, 0.29) is 0 Å². The number of thioether (sulfide) groups is 1. The smallest absolute Gasteiger partial charge is 0.278 e. The highest BCUT2D eigenvalue weighted by Crippen LogP contribution is 2.37. The van der Waals surface area contributed by atoms with Crippen LogP contribution in [0.4, 0.5) is 0 Å². The second kappa shape index (κ2) is 5.71. The summed E-state index contributed by atoms with van der Waals surface area (Å²) in [5.74, 6) is 2.26. The van der Waals surface area contributed by atoms with Crippen molar-refractivity contribution >= 4 is 11.8 Å². The van der Waals surface area contributed by atoms with E-state index in [1.54, 1.807) is 20.4 Å². The predicted octanol–water partition coefficient (Wildman–Crippen LogP) is 2.93. The van der Waals surface area contributed by atoms with Crippen LogP contribution in [0.2, 0.25) is 0 Å². The van der Waals surface area contributed by atoms with E-state index in [0.717, 1.165) is 17.9 Å². The van der Waals surface area contributed by atoms with E-state index in [1.165, 1.54) is 10.5 Å². The molecule has 1 atom stereocenters. The normalized spacial score (nSPS) is 17.4. The van der Waals surface area contributed by atoms with Gasteiger partial charge in [0.1, 0.15) is 0 Å². The van der Waals surface area contributed by atoms with Crippen molar-refractivity contribution in [3.05, 3.63) is 41.7 Å². The minimum atomic E-state index is 0.363. The van der Waals surface area contributed by atoms with Crippen molar-refractivity contribution in [1.29, 1.82) is 0 Å². The molecule has 1 aliphatic heterocycles. The number of fused-ring (bicyclic) bond motifs is 1. The Morgan fingerprint density at radius 2 is 1.95 bits per heavy atom. The fourth-order valence-corrected chi connectivity index (χ4v) is 3.54. The van der Waals surface area contributed by atoms with Crippen LogP contribution in [0, 0.1) is 0 Å². The van der Waals surface area contributed by atoms with Gasteiger partial charge in [0.05, 0.1) is 26.1 Å². The van der Waals surface area contributed by atoms with Crippen LogP contribution in [0.3, 0.4) is 0 Å². The molecule has 0 amide bonds. The Balaban J connectivity index is 1.88. The molecule has 1 aliphatic rings. The zero-order chi connectivity index (χ0) is 13.9. The van der Waals surface area contributed by atoms with Gasteiger partial charge in [0.2, 0.25) is 0 Å². The van der Waals surface area contributed by atoms with Gasteiger partial charge in [-0.05, 0) is 18.1 Å². The molecular weight excluding hydrogens is 272 g/mol. The maximum absolute atomic E-state index is 5.23. The summed E-state index contributed by atoms with van der Waals surface area (Å²) >= 11 is 1.88. The average Bonchev–Trinajstić information content (AvgIpc) is 2.53. The molecule has 1 aromatic carbocycles. The Morgan fingerprint density at radius 1 is 1.15 bits per heavy atom. The van der Waals surface area contributed by atoms with Crippen LogP contribution in [0.5, 0.6) is 11.8 Å². The first-order valence-electron chi connectivity index (χ1n) is 6.47. The number of hydrogen-bond donors (Lipinski definition) is 0. The fourth-order valence-electron chi connectivity index (χ4n) is 2.36. The molecule has 3 rings (SSSR count). The predicted molar refractivity (Wildman–Crippen MR) is 78.7 cm³/mol. The molecule has 0 aliphatic carbocycles. The van der Waals surface area contributed by atoms with Crippen molar-refractivity contribution in [3.63, 3.8) is 0 Å². The van der Waals surface area contributed by atoms with Crippen molar-refractivity contribution in [2.24, 2.45) is 0 Å². The Hall–Kier alpha value is -1.75. The summed E-state index contributed by atoms with van der Waals surface area (Å²) in [7, 11) is 3.15. The number of nitrogens with zero attached hydrogens (tertiary/aromatic N) is 2. The first kappa shape index (κ1) is 13.2. The van der Waals surface area contributed by atoms with Crippen LogP contribution in [0.1, 0.15) is 17.2 Å². The van der Waals surface area contributed by atoms with E-state index < -0.39 is 0 Å². The van der Waals surface area contributed by atoms with Crippen molar-refractivity contribution in [3.8, 4) is 11.8 Å². The van der Waals surface area contributed by atoms with E-state index in [1.807, 2.05) is 11.8 Å². The molecule has 0 radical (unpaired) electrons. The monoisotopic (exact) mass is 288 g/mol. The third-order valence-corrected chi connectivity index (χ3v) is 4.69. The molecule has 2 heterocycles. The number of aromatic nitrogens is 2. The largest absolute Gasteiger partial charge is 0.477 e. The highest BCUT2D eigenvalue weighted by molar-refractivity contribution is 7.99. The van der Waals surface area contributed by atoms with Gasteiger partial charge < -0.3 is 9.47 Å². The van der Waals surface area contributed by atoms with Crippen molar-refractivity contribution in [2.45, 2.75) is 17.2 Å². The zero-order valence-electron chi connectivity index (χ0n) is 11.5. The number of methoxy groups -OCH3 is 2. The molecule has 1 aromatic heterocycles. The van der Waals surface area contributed by atoms with Gasteiger partial charge in [0, 0.05) is 16.6 Å². The summed E-state index contributed by atoms with van der Waals surface area (Å²) in [4.78, 5) is 10.2. The molecule has 5 heteroatoms. The van der Waals surface area contributed by atoms with Crippen molar-refractivity contribution < 1.29 is 9.47 Å². The molecule has 104 valence electrons. The third kappa shape index (κ3) is 2.45. The summed E-state index contributed by atoms with van der Waals surface area (Å²) in [6.45, 7) is 0. The molecule has 0 saturated heterocycles. The van der Waals surface area contributed by atoms with Crippen LogP contribution >= 0.6 is 11.8 Å². The molecule has 2 aromatic rings. The van der Waals surface area contributed by atoms with Crippen LogP contribution in [-0.4, -0.2) is 29.9 Å². The Bertz CT molecular complexity index is 619. The minimum absolute atomic E-state index is 0.363. The first-order chi connectivity index (χ1) is 9.81. The Morgan fingerprint density at radius 3 is 2.75 bits per heavy atom. The van der Waals surface area contributed by atoms with Gasteiger partial charge in [0.15, 0.2) is 0 Å². The van der Waals surface area contributed by atoms with Gasteiger partial charge in [0.25, 0.3) is 11.8 Å². The van der Waals surface area contributed by atoms with Crippen LogP contribution in [0.15, 0.2) is 35.4 Å². The molecule has 0 spiro atoms. The van der Waals surface area contributed by atoms with Crippen LogP contribution in [-0.2, 0) is 6.42 Å². The zero-order valence-corrected chi connectivity index (χ0v) is 12.3. The van der Waals surface area contributed by atoms with E-state index >= 15 is 0 Å². The molecule has 1 unspecified atom stereocenters. The lowest BCUT2D eigenvalue weighted by Gasteiger charge is -2.23. The first-order valence-corrected chi connectivity index (χ1v) is 7.46. The van der Waals surface area contributed by atoms with Gasteiger partial charge in [-0.1, -0.05) is 18.2 Å². The summed E-state index contributed by atoms with van der Waals surface area (Å²) in [5, 5.41) is 0.